The van der Waals surface area contributed by atoms with Gasteiger partial charge in [0.05, 0.1) is 52.4 Å². The van der Waals surface area contributed by atoms with Gasteiger partial charge in [0.25, 0.3) is 0 Å². The molecule has 27 heteroatoms. The summed E-state index contributed by atoms with van der Waals surface area (Å²) in [4.78, 5) is 66.9. The Morgan fingerprint density at radius 3 is 1.05 bits per heavy atom. The highest BCUT2D eigenvalue weighted by Gasteiger charge is 2.24. The van der Waals surface area contributed by atoms with Crippen molar-refractivity contribution in [3.63, 3.8) is 0 Å². The lowest BCUT2D eigenvalue weighted by atomic mass is 9.99. The van der Waals surface area contributed by atoms with Crippen LogP contribution in [0.4, 0.5) is 46.5 Å². The Morgan fingerprint density at radius 1 is 0.400 bits per heavy atom. The van der Waals surface area contributed by atoms with Gasteiger partial charge in [0, 0.05) is 130 Å². The Hall–Kier alpha value is -9.36. The fourth-order valence-electron chi connectivity index (χ4n) is 13.1. The highest BCUT2D eigenvalue weighted by atomic mass is 32.1. The Kier molecular flexibility index (Phi) is 29.3. The molecule has 14 rings (SSSR count). The summed E-state index contributed by atoms with van der Waals surface area (Å²) >= 11 is 6.64. The molecule has 2 saturated heterocycles. The molecular formula is C83H101N19O4S4. The minimum absolute atomic E-state index is 0.233. The molecule has 4 aromatic carbocycles. The number of aliphatic hydroxyl groups excluding tert-OH is 2. The van der Waals surface area contributed by atoms with Crippen LogP contribution in [0, 0.1) is 89.0 Å². The number of piperidine rings is 1. The van der Waals surface area contributed by atoms with E-state index in [-0.39, 0.29) is 13.2 Å². The van der Waals surface area contributed by atoms with Crippen molar-refractivity contribution >= 4 is 91.9 Å². The molecule has 12 aromatic rings. The molecule has 0 spiro atoms. The summed E-state index contributed by atoms with van der Waals surface area (Å²) < 4.78 is 10.7. The Balaban J connectivity index is 0.000000146. The number of methoxy groups -OCH3 is 1. The van der Waals surface area contributed by atoms with Gasteiger partial charge < -0.3 is 41.0 Å². The Bertz CT molecular complexity index is 4930. The largest absolute Gasteiger partial charge is 0.396 e. The fraction of sp³-hybridized carbons (Fsp3) is 0.373. The van der Waals surface area contributed by atoms with Crippen LogP contribution in [0.2, 0.25) is 0 Å². The first kappa shape index (κ1) is 81.6. The average molecular weight is 1560 g/mol. The Morgan fingerprint density at radius 2 is 0.718 bits per heavy atom. The summed E-state index contributed by atoms with van der Waals surface area (Å²) in [5.41, 5.74) is 21.0. The zero-order valence-electron chi connectivity index (χ0n) is 65.5. The van der Waals surface area contributed by atoms with Gasteiger partial charge in [-0.05, 0) is 233 Å². The third-order valence-electron chi connectivity index (χ3n) is 18.2. The maximum Gasteiger partial charge on any atom is 0.227 e. The van der Waals surface area contributed by atoms with E-state index >= 15 is 0 Å². The van der Waals surface area contributed by atoms with Crippen LogP contribution < -0.4 is 21.3 Å². The van der Waals surface area contributed by atoms with Gasteiger partial charge in [-0.2, -0.15) is 0 Å². The number of rotatable bonds is 24. The predicted molar refractivity (Wildman–Crippen MR) is 448 cm³/mol. The van der Waals surface area contributed by atoms with Crippen molar-refractivity contribution in [1.29, 1.82) is 0 Å². The molecule has 1 atom stereocenters. The first-order valence-corrected chi connectivity index (χ1v) is 40.4. The van der Waals surface area contributed by atoms with E-state index in [1.807, 2.05) is 45.0 Å². The third kappa shape index (κ3) is 23.8. The lowest BCUT2D eigenvalue weighted by Crippen LogP contribution is -2.46. The number of aromatic nitrogens is 12. The van der Waals surface area contributed by atoms with Gasteiger partial charge in [0.1, 0.15) is 42.8 Å². The van der Waals surface area contributed by atoms with E-state index < -0.39 is 0 Å². The SMILES string of the molecule is CCOCc1sc(-c2ccnc(Nc3cc(C)cc(C)c3)n2)nc1C.COCc1sc(-c2ccnc(Nc3cc(C)cc(C)c3)n2)nc1C.Cc1cc(C)cc(Nc2nccc(-c3nc(C)c(CN4CCCC(CO)C4)s3)n2)c1.Cc1cc(C)cc(Nc2nccc(-c3nc(C)c(CN4CCN(CCO)CC4)s3)n2)c1. The standard InChI is InChI=1S/C23H30N6OS.C23H29N5OS.C19H22N4OS.C18H20N4OS/c1-16-12-17(2)14-19(13-16)26-23-24-5-4-20(27-23)22-25-18(3)21(31-22)15-29-8-6-28(7-9-29)10-11-30;1-15-9-16(2)11-19(10-15)26-23-24-7-6-20(27-23)22-25-17(3)21(30-22)13-28-8-4-5-18(12-28)14-29;1-5-24-11-17-14(4)21-18(25-17)16-6-7-20-19(23-16)22-15-9-12(2)8-13(3)10-15;1-11-7-12(2)9-14(8-11)21-18-19-6-5-15(22-18)17-20-13(3)16(24-17)10-23-4/h4-5,12-14,30H,6-11,15H2,1-3H3,(H,24,26,27);6-7,9-11,18,29H,4-5,8,12-14H2,1-3H3,(H,24,26,27);6-10H,5,11H2,1-4H3,(H,20,22,23);5-9H,10H2,1-4H3,(H,19,21,22). The minimum atomic E-state index is 0.233. The van der Waals surface area contributed by atoms with E-state index in [0.29, 0.717) is 49.5 Å². The number of aliphatic hydroxyl groups is 2. The molecule has 0 aliphatic carbocycles. The Labute approximate surface area is 662 Å². The van der Waals surface area contributed by atoms with E-state index in [9.17, 15) is 5.11 Å². The van der Waals surface area contributed by atoms with Crippen molar-refractivity contribution in [2.75, 3.05) is 94.0 Å². The van der Waals surface area contributed by atoms with Crippen LogP contribution in [0.5, 0.6) is 0 Å². The number of nitrogens with zero attached hydrogens (tertiary/aromatic N) is 15. The van der Waals surface area contributed by atoms with Gasteiger partial charge >= 0.3 is 0 Å². The number of thiazole rings is 4. The van der Waals surface area contributed by atoms with Crippen molar-refractivity contribution in [3.8, 4) is 42.8 Å². The number of piperazine rings is 1. The molecule has 6 N–H and O–H groups in total. The van der Waals surface area contributed by atoms with Crippen LogP contribution in [-0.2, 0) is 35.8 Å². The summed E-state index contributed by atoms with van der Waals surface area (Å²) in [5.74, 6) is 2.69. The van der Waals surface area contributed by atoms with E-state index in [1.54, 1.807) is 77.2 Å². The molecule has 23 nitrogen and oxygen atoms in total. The van der Waals surface area contributed by atoms with Crippen LogP contribution in [0.25, 0.3) is 42.8 Å². The monoisotopic (exact) mass is 1560 g/mol. The van der Waals surface area contributed by atoms with Crippen molar-refractivity contribution < 1.29 is 19.7 Å². The maximum absolute atomic E-state index is 9.49. The first-order chi connectivity index (χ1) is 53.1. The van der Waals surface area contributed by atoms with Gasteiger partial charge in [0.2, 0.25) is 23.8 Å². The van der Waals surface area contributed by atoms with E-state index in [1.165, 1.54) is 54.3 Å². The molecule has 1 unspecified atom stereocenters. The van der Waals surface area contributed by atoms with Crippen molar-refractivity contribution in [3.05, 3.63) is 209 Å². The smallest absolute Gasteiger partial charge is 0.227 e. The fourth-order valence-corrected chi connectivity index (χ4v) is 17.2. The number of benzene rings is 4. The molecule has 8 aromatic heterocycles. The molecule has 2 fully saturated rings. The van der Waals surface area contributed by atoms with Gasteiger partial charge in [-0.1, -0.05) is 24.3 Å². The number of anilines is 8. The van der Waals surface area contributed by atoms with Gasteiger partial charge in [-0.3, -0.25) is 14.7 Å². The van der Waals surface area contributed by atoms with Gasteiger partial charge in [-0.25, -0.2) is 59.8 Å². The lowest BCUT2D eigenvalue weighted by Gasteiger charge is -2.34. The summed E-state index contributed by atoms with van der Waals surface area (Å²) in [7, 11) is 1.69. The van der Waals surface area contributed by atoms with E-state index in [4.69, 9.17) is 34.5 Å². The molecule has 0 saturated carbocycles. The second-order valence-corrected chi connectivity index (χ2v) is 32.3. The molecule has 0 bridgehead atoms. The molecule has 2 aliphatic rings. The second-order valence-electron chi connectivity index (χ2n) is 28.0. The quantitative estimate of drug-likeness (QED) is 0.0328. The predicted octanol–water partition coefficient (Wildman–Crippen LogP) is 17.1. The molecular weight excluding hydrogens is 1460 g/mol. The van der Waals surface area contributed by atoms with Gasteiger partial charge in [-0.15, -0.1) is 45.3 Å². The lowest BCUT2D eigenvalue weighted by molar-refractivity contribution is 0.109. The number of hydrogen-bond acceptors (Lipinski definition) is 27. The van der Waals surface area contributed by atoms with Crippen LogP contribution in [0.3, 0.4) is 0 Å². The minimum Gasteiger partial charge on any atom is -0.396 e. The normalized spacial score (nSPS) is 13.9. The third-order valence-corrected chi connectivity index (χ3v) is 22.8. The molecule has 110 heavy (non-hydrogen) atoms. The van der Waals surface area contributed by atoms with Crippen molar-refractivity contribution in [2.24, 2.45) is 5.92 Å². The van der Waals surface area contributed by atoms with Crippen LogP contribution in [-0.4, -0.2) is 157 Å². The summed E-state index contributed by atoms with van der Waals surface area (Å²) in [6.07, 6.45) is 9.34. The zero-order chi connectivity index (χ0) is 77.8. The number of nitrogens with one attached hydrogen (secondary N) is 4. The topological polar surface area (TPSA) is 271 Å². The van der Waals surface area contributed by atoms with E-state index in [0.717, 1.165) is 170 Å². The number of aryl methyl sites for hydroxylation is 12. The van der Waals surface area contributed by atoms with Crippen molar-refractivity contribution in [2.45, 2.75) is 129 Å². The number of hydrogen-bond donors (Lipinski definition) is 6. The molecule has 2 aliphatic heterocycles. The second kappa shape index (κ2) is 39.5. The van der Waals surface area contributed by atoms with E-state index in [2.05, 4.69) is 218 Å². The van der Waals surface area contributed by atoms with Crippen LogP contribution in [0.15, 0.2) is 122 Å². The van der Waals surface area contributed by atoms with Crippen LogP contribution in [0.1, 0.15) is 107 Å². The maximum atomic E-state index is 9.49. The summed E-state index contributed by atoms with van der Waals surface area (Å²) in [6.45, 7) is 37.8. The molecule has 576 valence electrons. The van der Waals surface area contributed by atoms with Crippen LogP contribution >= 0.6 is 45.3 Å². The average Bonchev–Trinajstić information content (AvgIpc) is 1.67. The number of ether oxygens (including phenoxy) is 2. The van der Waals surface area contributed by atoms with Crippen molar-refractivity contribution in [1.82, 2.24) is 74.5 Å². The summed E-state index contributed by atoms with van der Waals surface area (Å²) in [6, 6.07) is 32.8. The highest BCUT2D eigenvalue weighted by molar-refractivity contribution is 7.16. The molecule has 10 heterocycles. The number of β-amino-alcohol motifs (C(OH)–C–C–N with tert-alkyl or cyclic N) is 1. The molecule has 0 radical (unpaired) electrons. The van der Waals surface area contributed by atoms with Gasteiger partial charge in [0.15, 0.2) is 0 Å². The number of likely N-dealkylation sites (tertiary alicyclic amines) is 1. The summed E-state index contributed by atoms with van der Waals surface area (Å²) in [5, 5.41) is 35.4. The highest BCUT2D eigenvalue weighted by Crippen LogP contribution is 2.34. The first-order valence-electron chi connectivity index (χ1n) is 37.2. The molecule has 0 amide bonds. The zero-order valence-corrected chi connectivity index (χ0v) is 68.8.